The normalized spacial score (nSPS) is 10.3. The molecule has 0 atom stereocenters. The van der Waals surface area contributed by atoms with Gasteiger partial charge < -0.3 is 5.32 Å². The van der Waals surface area contributed by atoms with Crippen LogP contribution in [0.25, 0.3) is 0 Å². The summed E-state index contributed by atoms with van der Waals surface area (Å²) in [5, 5.41) is 9.65. The van der Waals surface area contributed by atoms with Crippen molar-refractivity contribution in [1.82, 2.24) is 20.2 Å². The van der Waals surface area contributed by atoms with Crippen LogP contribution in [0.15, 0.2) is 24.7 Å². The summed E-state index contributed by atoms with van der Waals surface area (Å²) in [6.45, 7) is 0.754. The molecule has 0 aliphatic carbocycles. The summed E-state index contributed by atoms with van der Waals surface area (Å²) < 4.78 is 12.7. The van der Waals surface area contributed by atoms with E-state index in [1.165, 1.54) is 18.6 Å². The maximum Gasteiger partial charge on any atom is 0.214 e. The molecule has 0 saturated heterocycles. The number of anilines is 1. The molecular formula is C10H12FN5. The van der Waals surface area contributed by atoms with E-state index in [-0.39, 0.29) is 0 Å². The molecule has 0 aromatic carbocycles. The van der Waals surface area contributed by atoms with E-state index in [2.05, 4.69) is 25.5 Å². The van der Waals surface area contributed by atoms with E-state index in [0.29, 0.717) is 0 Å². The zero-order chi connectivity index (χ0) is 11.2. The van der Waals surface area contributed by atoms with Crippen molar-refractivity contribution in [2.45, 2.75) is 12.8 Å². The van der Waals surface area contributed by atoms with Crippen LogP contribution in [-0.4, -0.2) is 26.7 Å². The Kier molecular flexibility index (Phi) is 3.42. The van der Waals surface area contributed by atoms with E-state index in [1.54, 1.807) is 6.07 Å². The van der Waals surface area contributed by atoms with Gasteiger partial charge in [0.2, 0.25) is 5.95 Å². The summed E-state index contributed by atoms with van der Waals surface area (Å²) in [7, 11) is 0. The maximum absolute atomic E-state index is 12.7. The van der Waals surface area contributed by atoms with E-state index < -0.39 is 5.95 Å². The molecule has 6 heteroatoms. The van der Waals surface area contributed by atoms with Gasteiger partial charge in [-0.3, -0.25) is 5.10 Å². The Bertz CT molecular complexity index is 429. The number of nitrogens with zero attached hydrogens (tertiary/aromatic N) is 3. The van der Waals surface area contributed by atoms with E-state index in [9.17, 15) is 4.39 Å². The van der Waals surface area contributed by atoms with Gasteiger partial charge in [-0.25, -0.2) is 9.97 Å². The van der Waals surface area contributed by atoms with Crippen LogP contribution in [0.5, 0.6) is 0 Å². The van der Waals surface area contributed by atoms with Crippen molar-refractivity contribution in [1.29, 1.82) is 0 Å². The number of hydrogen-bond donors (Lipinski definition) is 2. The molecule has 2 aromatic heterocycles. The minimum absolute atomic E-state index is 0.472. The standard InChI is InChI=1S/C10H12FN5/c11-9-6-8(3-5-13-9)12-4-1-2-10-14-7-15-16-10/h3,5-7H,1-2,4H2,(H,12,13)(H,14,15,16). The third kappa shape index (κ3) is 3.01. The molecule has 0 fully saturated rings. The molecule has 2 rings (SSSR count). The summed E-state index contributed by atoms with van der Waals surface area (Å²) >= 11 is 0. The van der Waals surface area contributed by atoms with Crippen molar-refractivity contribution in [2.75, 3.05) is 11.9 Å². The van der Waals surface area contributed by atoms with Crippen LogP contribution in [0.3, 0.4) is 0 Å². The fourth-order valence-electron chi connectivity index (χ4n) is 1.35. The van der Waals surface area contributed by atoms with Crippen molar-refractivity contribution < 1.29 is 4.39 Å². The van der Waals surface area contributed by atoms with Crippen LogP contribution in [0, 0.1) is 5.95 Å². The van der Waals surface area contributed by atoms with Crippen LogP contribution in [-0.2, 0) is 6.42 Å². The number of halogens is 1. The van der Waals surface area contributed by atoms with E-state index >= 15 is 0 Å². The highest BCUT2D eigenvalue weighted by molar-refractivity contribution is 5.40. The molecule has 0 aliphatic rings. The van der Waals surface area contributed by atoms with Gasteiger partial charge in [0.25, 0.3) is 0 Å². The molecule has 2 heterocycles. The first-order chi connectivity index (χ1) is 7.84. The molecule has 0 spiro atoms. The monoisotopic (exact) mass is 221 g/mol. The Balaban J connectivity index is 1.72. The number of aromatic amines is 1. The molecule has 84 valence electrons. The average Bonchev–Trinajstić information content (AvgIpc) is 2.77. The molecule has 5 nitrogen and oxygen atoms in total. The Hall–Kier alpha value is -1.98. The average molecular weight is 221 g/mol. The smallest absolute Gasteiger partial charge is 0.214 e. The lowest BCUT2D eigenvalue weighted by Gasteiger charge is -2.04. The number of rotatable bonds is 5. The fraction of sp³-hybridized carbons (Fsp3) is 0.300. The molecule has 0 radical (unpaired) electrons. The summed E-state index contributed by atoms with van der Waals surface area (Å²) in [5.74, 6) is 0.392. The number of nitrogens with one attached hydrogen (secondary N) is 2. The van der Waals surface area contributed by atoms with Gasteiger partial charge in [0.1, 0.15) is 12.2 Å². The minimum Gasteiger partial charge on any atom is -0.385 e. The van der Waals surface area contributed by atoms with E-state index in [1.807, 2.05) is 0 Å². The molecule has 0 unspecified atom stereocenters. The highest BCUT2D eigenvalue weighted by Crippen LogP contribution is 2.06. The second kappa shape index (κ2) is 5.20. The SMILES string of the molecule is Fc1cc(NCCCc2ncn[nH]2)ccn1. The summed E-state index contributed by atoms with van der Waals surface area (Å²) in [4.78, 5) is 7.49. The summed E-state index contributed by atoms with van der Waals surface area (Å²) in [5.41, 5.74) is 0.741. The van der Waals surface area contributed by atoms with Gasteiger partial charge in [0, 0.05) is 30.9 Å². The Morgan fingerprint density at radius 2 is 2.31 bits per heavy atom. The van der Waals surface area contributed by atoms with Crippen LogP contribution in [0.4, 0.5) is 10.1 Å². The molecule has 0 saturated carbocycles. The van der Waals surface area contributed by atoms with Gasteiger partial charge in [-0.15, -0.1) is 0 Å². The van der Waals surface area contributed by atoms with Crippen LogP contribution < -0.4 is 5.32 Å². The fourth-order valence-corrected chi connectivity index (χ4v) is 1.35. The number of hydrogen-bond acceptors (Lipinski definition) is 4. The predicted octanol–water partition coefficient (Wildman–Crippen LogP) is 1.38. The zero-order valence-corrected chi connectivity index (χ0v) is 8.65. The molecule has 2 aromatic rings. The maximum atomic E-state index is 12.7. The van der Waals surface area contributed by atoms with Gasteiger partial charge in [-0.1, -0.05) is 0 Å². The van der Waals surface area contributed by atoms with Crippen molar-refractivity contribution in [2.24, 2.45) is 0 Å². The lowest BCUT2D eigenvalue weighted by molar-refractivity contribution is 0.584. The van der Waals surface area contributed by atoms with Crippen molar-refractivity contribution in [3.63, 3.8) is 0 Å². The second-order valence-electron chi connectivity index (χ2n) is 3.33. The molecule has 0 bridgehead atoms. The van der Waals surface area contributed by atoms with E-state index in [0.717, 1.165) is 30.9 Å². The quantitative estimate of drug-likeness (QED) is 0.591. The minimum atomic E-state index is -0.472. The topological polar surface area (TPSA) is 66.5 Å². The third-order valence-corrected chi connectivity index (χ3v) is 2.11. The van der Waals surface area contributed by atoms with E-state index in [4.69, 9.17) is 0 Å². The number of aryl methyl sites for hydroxylation is 1. The molecular weight excluding hydrogens is 209 g/mol. The van der Waals surface area contributed by atoms with Gasteiger partial charge in [0.05, 0.1) is 0 Å². The Labute approximate surface area is 92.1 Å². The molecule has 0 aliphatic heterocycles. The van der Waals surface area contributed by atoms with Crippen LogP contribution in [0.1, 0.15) is 12.2 Å². The van der Waals surface area contributed by atoms with Gasteiger partial charge in [0.15, 0.2) is 0 Å². The first-order valence-corrected chi connectivity index (χ1v) is 5.04. The largest absolute Gasteiger partial charge is 0.385 e. The first kappa shape index (κ1) is 10.5. The Morgan fingerprint density at radius 3 is 3.06 bits per heavy atom. The lowest BCUT2D eigenvalue weighted by atomic mass is 10.3. The molecule has 0 amide bonds. The predicted molar refractivity (Wildman–Crippen MR) is 57.4 cm³/mol. The zero-order valence-electron chi connectivity index (χ0n) is 8.65. The number of H-pyrrole nitrogens is 1. The second-order valence-corrected chi connectivity index (χ2v) is 3.33. The van der Waals surface area contributed by atoms with Crippen LogP contribution in [0.2, 0.25) is 0 Å². The lowest BCUT2D eigenvalue weighted by Crippen LogP contribution is -2.04. The third-order valence-electron chi connectivity index (χ3n) is 2.11. The van der Waals surface area contributed by atoms with Crippen LogP contribution >= 0.6 is 0 Å². The van der Waals surface area contributed by atoms with Gasteiger partial charge in [-0.05, 0) is 12.5 Å². The Morgan fingerprint density at radius 1 is 1.38 bits per heavy atom. The molecule has 2 N–H and O–H groups in total. The first-order valence-electron chi connectivity index (χ1n) is 5.04. The van der Waals surface area contributed by atoms with Gasteiger partial charge >= 0.3 is 0 Å². The van der Waals surface area contributed by atoms with Crippen molar-refractivity contribution >= 4 is 5.69 Å². The van der Waals surface area contributed by atoms with Gasteiger partial charge in [-0.2, -0.15) is 9.49 Å². The number of pyridine rings is 1. The van der Waals surface area contributed by atoms with Crippen molar-refractivity contribution in [3.8, 4) is 0 Å². The summed E-state index contributed by atoms with van der Waals surface area (Å²) in [6.07, 6.45) is 4.65. The summed E-state index contributed by atoms with van der Waals surface area (Å²) in [6, 6.07) is 3.10. The number of aromatic nitrogens is 4. The highest BCUT2D eigenvalue weighted by Gasteiger charge is 1.97. The van der Waals surface area contributed by atoms with Crippen molar-refractivity contribution in [3.05, 3.63) is 36.4 Å². The molecule has 16 heavy (non-hydrogen) atoms. The highest BCUT2D eigenvalue weighted by atomic mass is 19.1.